The van der Waals surface area contributed by atoms with Gasteiger partial charge in [0, 0.05) is 16.9 Å². The van der Waals surface area contributed by atoms with Crippen molar-refractivity contribution in [2.24, 2.45) is 5.84 Å². The number of nitrogens with zero attached hydrogens (tertiary/aromatic N) is 1. The molecule has 1 amide bonds. The average Bonchev–Trinajstić information content (AvgIpc) is 2.47. The van der Waals surface area contributed by atoms with E-state index in [-0.39, 0.29) is 5.91 Å². The van der Waals surface area contributed by atoms with Gasteiger partial charge in [0.2, 0.25) is 0 Å². The molecule has 0 aliphatic rings. The summed E-state index contributed by atoms with van der Waals surface area (Å²) in [5.41, 5.74) is 4.82. The number of carbonyl (C=O) groups is 1. The van der Waals surface area contributed by atoms with E-state index in [0.29, 0.717) is 16.8 Å². The third-order valence-corrected chi connectivity index (χ3v) is 2.56. The Morgan fingerprint density at radius 3 is 2.47 bits per heavy atom. The number of nitrogen functional groups attached to an aromatic ring is 1. The second-order valence-corrected chi connectivity index (χ2v) is 3.87. The summed E-state index contributed by atoms with van der Waals surface area (Å²) < 4.78 is 0. The van der Waals surface area contributed by atoms with Crippen LogP contribution in [-0.4, -0.2) is 5.91 Å². The summed E-state index contributed by atoms with van der Waals surface area (Å²) in [6.07, 6.45) is 0. The standard InChI is InChI=1S/C14H12N4O/c15-9-10-2-1-3-13(8-10)17-14(19)11-4-6-12(18-16)7-5-11/h1-8,18H,16H2,(H,17,19). The Bertz CT molecular complexity index is 629. The molecule has 4 N–H and O–H groups in total. The van der Waals surface area contributed by atoms with Gasteiger partial charge in [0.25, 0.3) is 5.91 Å². The second kappa shape index (κ2) is 5.67. The number of carbonyl (C=O) groups excluding carboxylic acids is 1. The van der Waals surface area contributed by atoms with Crippen molar-refractivity contribution < 1.29 is 4.79 Å². The molecule has 0 unspecified atom stereocenters. The third-order valence-electron chi connectivity index (χ3n) is 2.56. The van der Waals surface area contributed by atoms with E-state index < -0.39 is 0 Å². The molecular formula is C14H12N4O. The SMILES string of the molecule is N#Cc1cccc(NC(=O)c2ccc(NN)cc2)c1. The van der Waals surface area contributed by atoms with Crippen LogP contribution in [0.5, 0.6) is 0 Å². The zero-order chi connectivity index (χ0) is 13.7. The Morgan fingerprint density at radius 1 is 1.11 bits per heavy atom. The van der Waals surface area contributed by atoms with E-state index in [9.17, 15) is 4.79 Å². The minimum absolute atomic E-state index is 0.237. The molecule has 2 aromatic rings. The molecule has 0 aromatic heterocycles. The van der Waals surface area contributed by atoms with Gasteiger partial charge in [-0.2, -0.15) is 5.26 Å². The lowest BCUT2D eigenvalue weighted by Crippen LogP contribution is -2.12. The van der Waals surface area contributed by atoms with Crippen molar-refractivity contribution in [3.63, 3.8) is 0 Å². The van der Waals surface area contributed by atoms with E-state index in [1.165, 1.54) is 0 Å². The minimum atomic E-state index is -0.237. The molecule has 5 heteroatoms. The Hall–Kier alpha value is -2.84. The van der Waals surface area contributed by atoms with E-state index in [0.717, 1.165) is 5.69 Å². The van der Waals surface area contributed by atoms with Crippen molar-refractivity contribution in [3.8, 4) is 6.07 Å². The van der Waals surface area contributed by atoms with Crippen molar-refractivity contribution in [2.75, 3.05) is 10.7 Å². The van der Waals surface area contributed by atoms with E-state index >= 15 is 0 Å². The van der Waals surface area contributed by atoms with Gasteiger partial charge >= 0.3 is 0 Å². The Balaban J connectivity index is 2.13. The van der Waals surface area contributed by atoms with Crippen molar-refractivity contribution in [1.82, 2.24) is 0 Å². The predicted octanol–water partition coefficient (Wildman–Crippen LogP) is 2.10. The fraction of sp³-hybridized carbons (Fsp3) is 0. The lowest BCUT2D eigenvalue weighted by Gasteiger charge is -2.06. The Kier molecular flexibility index (Phi) is 3.76. The van der Waals surface area contributed by atoms with Crippen molar-refractivity contribution in [2.45, 2.75) is 0 Å². The van der Waals surface area contributed by atoms with Crippen LogP contribution in [0.3, 0.4) is 0 Å². The van der Waals surface area contributed by atoms with E-state index in [2.05, 4.69) is 10.7 Å². The zero-order valence-electron chi connectivity index (χ0n) is 10.1. The number of hydrogen-bond acceptors (Lipinski definition) is 4. The van der Waals surface area contributed by atoms with Gasteiger partial charge in [-0.1, -0.05) is 6.07 Å². The van der Waals surface area contributed by atoms with E-state index in [1.54, 1.807) is 48.5 Å². The number of nitrogens with two attached hydrogens (primary N) is 1. The van der Waals surface area contributed by atoms with Crippen molar-refractivity contribution >= 4 is 17.3 Å². The number of hydrazine groups is 1. The molecule has 0 aliphatic carbocycles. The molecule has 2 rings (SSSR count). The predicted molar refractivity (Wildman–Crippen MR) is 73.4 cm³/mol. The first-order valence-corrected chi connectivity index (χ1v) is 5.61. The van der Waals surface area contributed by atoms with Crippen molar-refractivity contribution in [1.29, 1.82) is 5.26 Å². The molecule has 5 nitrogen and oxygen atoms in total. The highest BCUT2D eigenvalue weighted by molar-refractivity contribution is 6.04. The quantitative estimate of drug-likeness (QED) is 0.576. The summed E-state index contributed by atoms with van der Waals surface area (Å²) in [5.74, 6) is 5.01. The highest BCUT2D eigenvalue weighted by Crippen LogP contribution is 2.13. The number of anilines is 2. The van der Waals surface area contributed by atoms with Gasteiger partial charge in [0.1, 0.15) is 0 Å². The number of hydrogen-bond donors (Lipinski definition) is 3. The average molecular weight is 252 g/mol. The van der Waals surface area contributed by atoms with Crippen LogP contribution in [0, 0.1) is 11.3 Å². The smallest absolute Gasteiger partial charge is 0.255 e. The molecule has 0 atom stereocenters. The summed E-state index contributed by atoms with van der Waals surface area (Å²) in [6.45, 7) is 0. The van der Waals surface area contributed by atoms with Crippen LogP contribution in [-0.2, 0) is 0 Å². The monoisotopic (exact) mass is 252 g/mol. The van der Waals surface area contributed by atoms with Crippen molar-refractivity contribution in [3.05, 3.63) is 59.7 Å². The van der Waals surface area contributed by atoms with Crippen LogP contribution in [0.25, 0.3) is 0 Å². The molecule has 0 spiro atoms. The number of benzene rings is 2. The highest BCUT2D eigenvalue weighted by atomic mass is 16.1. The first-order valence-electron chi connectivity index (χ1n) is 5.61. The maximum absolute atomic E-state index is 12.0. The molecule has 19 heavy (non-hydrogen) atoms. The lowest BCUT2D eigenvalue weighted by atomic mass is 10.1. The van der Waals surface area contributed by atoms with Gasteiger partial charge < -0.3 is 10.7 Å². The first kappa shape index (κ1) is 12.6. The summed E-state index contributed by atoms with van der Waals surface area (Å²) in [4.78, 5) is 12.0. The Labute approximate surface area is 110 Å². The molecular weight excluding hydrogens is 240 g/mol. The van der Waals surface area contributed by atoms with Crippen LogP contribution in [0.2, 0.25) is 0 Å². The van der Waals surface area contributed by atoms with Gasteiger partial charge in [-0.25, -0.2) is 0 Å². The summed E-state index contributed by atoms with van der Waals surface area (Å²) in [5, 5.41) is 11.5. The van der Waals surface area contributed by atoms with Crippen LogP contribution in [0.15, 0.2) is 48.5 Å². The molecule has 94 valence electrons. The Morgan fingerprint density at radius 2 is 1.84 bits per heavy atom. The topological polar surface area (TPSA) is 90.9 Å². The summed E-state index contributed by atoms with van der Waals surface area (Å²) in [6, 6.07) is 15.5. The minimum Gasteiger partial charge on any atom is -0.324 e. The van der Waals surface area contributed by atoms with Crippen LogP contribution >= 0.6 is 0 Å². The molecule has 0 aliphatic heterocycles. The fourth-order valence-electron chi connectivity index (χ4n) is 1.59. The third kappa shape index (κ3) is 3.09. The van der Waals surface area contributed by atoms with Gasteiger partial charge in [0.15, 0.2) is 0 Å². The first-order chi connectivity index (χ1) is 9.22. The zero-order valence-corrected chi connectivity index (χ0v) is 10.1. The maximum Gasteiger partial charge on any atom is 0.255 e. The van der Waals surface area contributed by atoms with Crippen LogP contribution in [0.4, 0.5) is 11.4 Å². The molecule has 0 saturated carbocycles. The van der Waals surface area contributed by atoms with Gasteiger partial charge in [-0.15, -0.1) is 0 Å². The number of amides is 1. The van der Waals surface area contributed by atoms with Gasteiger partial charge in [0.05, 0.1) is 11.6 Å². The summed E-state index contributed by atoms with van der Waals surface area (Å²) in [7, 11) is 0. The molecule has 0 bridgehead atoms. The molecule has 2 aromatic carbocycles. The van der Waals surface area contributed by atoms with Crippen LogP contribution in [0.1, 0.15) is 15.9 Å². The molecule has 0 radical (unpaired) electrons. The normalized spacial score (nSPS) is 9.47. The van der Waals surface area contributed by atoms with Gasteiger partial charge in [-0.05, 0) is 42.5 Å². The molecule has 0 fully saturated rings. The largest absolute Gasteiger partial charge is 0.324 e. The number of rotatable bonds is 3. The maximum atomic E-state index is 12.0. The highest BCUT2D eigenvalue weighted by Gasteiger charge is 2.06. The van der Waals surface area contributed by atoms with E-state index in [1.807, 2.05) is 6.07 Å². The number of nitriles is 1. The number of nitrogens with one attached hydrogen (secondary N) is 2. The fourth-order valence-corrected chi connectivity index (χ4v) is 1.59. The molecule has 0 heterocycles. The molecule has 0 saturated heterocycles. The van der Waals surface area contributed by atoms with Crippen LogP contribution < -0.4 is 16.6 Å². The lowest BCUT2D eigenvalue weighted by molar-refractivity contribution is 0.102. The second-order valence-electron chi connectivity index (χ2n) is 3.87. The van der Waals surface area contributed by atoms with E-state index in [4.69, 9.17) is 11.1 Å². The summed E-state index contributed by atoms with van der Waals surface area (Å²) >= 11 is 0. The van der Waals surface area contributed by atoms with Gasteiger partial charge in [-0.3, -0.25) is 10.6 Å².